The molecule has 4 nitrogen and oxygen atoms in total. The van der Waals surface area contributed by atoms with Crippen molar-refractivity contribution in [3.8, 4) is 5.88 Å². The summed E-state index contributed by atoms with van der Waals surface area (Å²) in [5.41, 5.74) is 3.99. The summed E-state index contributed by atoms with van der Waals surface area (Å²) in [6.07, 6.45) is -3.52. The second-order valence-electron chi connectivity index (χ2n) is 2.95. The molecule has 1 aromatic heterocycles. The first-order chi connectivity index (χ1) is 7.39. The van der Waals surface area contributed by atoms with E-state index in [1.165, 1.54) is 0 Å². The van der Waals surface area contributed by atoms with E-state index in [0.717, 1.165) is 18.3 Å². The van der Waals surface area contributed by atoms with Gasteiger partial charge >= 0.3 is 6.18 Å². The largest absolute Gasteiger partial charge is 0.477 e. The Kier molecular flexibility index (Phi) is 3.70. The van der Waals surface area contributed by atoms with Crippen LogP contribution >= 0.6 is 0 Å². The molecule has 0 saturated heterocycles. The van der Waals surface area contributed by atoms with Gasteiger partial charge in [0.1, 0.15) is 0 Å². The number of hydrogen-bond acceptors (Lipinski definition) is 3. The van der Waals surface area contributed by atoms with Crippen LogP contribution in [0, 0.1) is 0 Å². The van der Waals surface area contributed by atoms with Crippen LogP contribution in [0.1, 0.15) is 12.0 Å². The summed E-state index contributed by atoms with van der Waals surface area (Å²) in [5.74, 6) is -0.775. The Morgan fingerprint density at radius 1 is 1.50 bits per heavy atom. The highest BCUT2D eigenvalue weighted by Gasteiger charge is 2.30. The van der Waals surface area contributed by atoms with Crippen LogP contribution in [0.3, 0.4) is 0 Å². The summed E-state index contributed by atoms with van der Waals surface area (Å²) in [4.78, 5) is 13.9. The topological polar surface area (TPSA) is 65.2 Å². The van der Waals surface area contributed by atoms with E-state index in [9.17, 15) is 18.0 Å². The molecule has 1 rings (SSSR count). The number of nitrogens with two attached hydrogens (primary N) is 1. The third-order valence-corrected chi connectivity index (χ3v) is 1.66. The van der Waals surface area contributed by atoms with Crippen molar-refractivity contribution in [3.63, 3.8) is 0 Å². The first-order valence-corrected chi connectivity index (χ1v) is 4.34. The molecule has 2 N–H and O–H groups in total. The monoisotopic (exact) mass is 234 g/mol. The van der Waals surface area contributed by atoms with Crippen molar-refractivity contribution >= 4 is 5.91 Å². The molecule has 0 aromatic carbocycles. The average molecular weight is 234 g/mol. The van der Waals surface area contributed by atoms with Gasteiger partial charge in [-0.05, 0) is 6.07 Å². The number of ether oxygens (including phenoxy) is 1. The Morgan fingerprint density at radius 2 is 2.19 bits per heavy atom. The molecule has 1 amide bonds. The maximum absolute atomic E-state index is 12.3. The first kappa shape index (κ1) is 12.3. The second kappa shape index (κ2) is 4.82. The van der Waals surface area contributed by atoms with E-state index < -0.39 is 17.6 Å². The summed E-state index contributed by atoms with van der Waals surface area (Å²) >= 11 is 0. The van der Waals surface area contributed by atoms with Crippen molar-refractivity contribution in [1.29, 1.82) is 0 Å². The molecule has 0 aliphatic carbocycles. The zero-order chi connectivity index (χ0) is 12.2. The fraction of sp³-hybridized carbons (Fsp3) is 0.333. The van der Waals surface area contributed by atoms with Crippen molar-refractivity contribution in [2.24, 2.45) is 5.73 Å². The third-order valence-electron chi connectivity index (χ3n) is 1.66. The molecule has 0 radical (unpaired) electrons. The van der Waals surface area contributed by atoms with Crippen LogP contribution in [-0.2, 0) is 11.0 Å². The van der Waals surface area contributed by atoms with Gasteiger partial charge in [-0.3, -0.25) is 4.79 Å². The Morgan fingerprint density at radius 3 is 2.75 bits per heavy atom. The lowest BCUT2D eigenvalue weighted by Crippen LogP contribution is -2.15. The summed E-state index contributed by atoms with van der Waals surface area (Å²) in [6, 6.07) is 1.60. The number of halogens is 3. The molecule has 88 valence electrons. The van der Waals surface area contributed by atoms with Crippen LogP contribution in [0.5, 0.6) is 5.88 Å². The summed E-state index contributed by atoms with van der Waals surface area (Å²) < 4.78 is 41.6. The highest BCUT2D eigenvalue weighted by molar-refractivity contribution is 5.73. The fourth-order valence-electron chi connectivity index (χ4n) is 0.921. The maximum atomic E-state index is 12.3. The Labute approximate surface area is 89.2 Å². The van der Waals surface area contributed by atoms with E-state index in [2.05, 4.69) is 4.98 Å². The number of aromatic nitrogens is 1. The molecule has 7 heteroatoms. The van der Waals surface area contributed by atoms with Crippen LogP contribution in [0.4, 0.5) is 13.2 Å². The molecule has 0 spiro atoms. The minimum Gasteiger partial charge on any atom is -0.477 e. The number of primary amides is 1. The number of alkyl halides is 3. The SMILES string of the molecule is NC(=O)CCOc1cc(C(F)(F)F)ccn1. The molecule has 1 heterocycles. The van der Waals surface area contributed by atoms with Gasteiger partial charge in [0.25, 0.3) is 0 Å². The van der Waals surface area contributed by atoms with Gasteiger partial charge in [-0.15, -0.1) is 0 Å². The summed E-state index contributed by atoms with van der Waals surface area (Å²) in [6.45, 7) is -0.0936. The predicted octanol–water partition coefficient (Wildman–Crippen LogP) is 1.35. The van der Waals surface area contributed by atoms with Gasteiger partial charge < -0.3 is 10.5 Å². The molecule has 0 saturated carbocycles. The molecular weight excluding hydrogens is 225 g/mol. The Bertz CT molecular complexity index is 379. The van der Waals surface area contributed by atoms with Gasteiger partial charge in [0.2, 0.25) is 11.8 Å². The Hall–Kier alpha value is -1.79. The number of hydrogen-bond donors (Lipinski definition) is 1. The van der Waals surface area contributed by atoms with Crippen LogP contribution < -0.4 is 10.5 Å². The first-order valence-electron chi connectivity index (χ1n) is 4.34. The number of amides is 1. The van der Waals surface area contributed by atoms with Gasteiger partial charge in [0.15, 0.2) is 0 Å². The smallest absolute Gasteiger partial charge is 0.416 e. The maximum Gasteiger partial charge on any atom is 0.416 e. The molecule has 0 bridgehead atoms. The third kappa shape index (κ3) is 3.76. The van der Waals surface area contributed by atoms with Gasteiger partial charge in [0.05, 0.1) is 18.6 Å². The van der Waals surface area contributed by atoms with Gasteiger partial charge in [-0.25, -0.2) is 4.98 Å². The number of nitrogens with zero attached hydrogens (tertiary/aromatic N) is 1. The fourth-order valence-corrected chi connectivity index (χ4v) is 0.921. The lowest BCUT2D eigenvalue weighted by molar-refractivity contribution is -0.137. The van der Waals surface area contributed by atoms with E-state index in [-0.39, 0.29) is 18.9 Å². The molecule has 0 atom stereocenters. The molecule has 0 fully saturated rings. The number of carbonyl (C=O) groups excluding carboxylic acids is 1. The lowest BCUT2D eigenvalue weighted by Gasteiger charge is -2.08. The molecule has 0 aliphatic heterocycles. The second-order valence-corrected chi connectivity index (χ2v) is 2.95. The Balaban J connectivity index is 2.64. The van der Waals surface area contributed by atoms with E-state index >= 15 is 0 Å². The van der Waals surface area contributed by atoms with Crippen LogP contribution in [0.25, 0.3) is 0 Å². The van der Waals surface area contributed by atoms with Crippen LogP contribution in [0.15, 0.2) is 18.3 Å². The predicted molar refractivity (Wildman–Crippen MR) is 48.5 cm³/mol. The van der Waals surface area contributed by atoms with Crippen molar-refractivity contribution < 1.29 is 22.7 Å². The van der Waals surface area contributed by atoms with E-state index in [1.54, 1.807) is 0 Å². The quantitative estimate of drug-likeness (QED) is 0.855. The van der Waals surface area contributed by atoms with Crippen molar-refractivity contribution in [1.82, 2.24) is 4.98 Å². The summed E-state index contributed by atoms with van der Waals surface area (Å²) in [7, 11) is 0. The van der Waals surface area contributed by atoms with Crippen molar-refractivity contribution in [3.05, 3.63) is 23.9 Å². The molecule has 1 aromatic rings. The van der Waals surface area contributed by atoms with Gasteiger partial charge in [0, 0.05) is 12.3 Å². The molecular formula is C9H9F3N2O2. The van der Waals surface area contributed by atoms with Crippen molar-refractivity contribution in [2.75, 3.05) is 6.61 Å². The van der Waals surface area contributed by atoms with E-state index in [1.807, 2.05) is 0 Å². The number of rotatable bonds is 4. The standard InChI is InChI=1S/C9H9F3N2O2/c10-9(11,12)6-1-3-14-8(5-6)16-4-2-7(13)15/h1,3,5H,2,4H2,(H2,13,15). The lowest BCUT2D eigenvalue weighted by atomic mass is 10.2. The molecule has 0 unspecified atom stereocenters. The van der Waals surface area contributed by atoms with Gasteiger partial charge in [-0.1, -0.05) is 0 Å². The number of carbonyl (C=O) groups is 1. The van der Waals surface area contributed by atoms with Gasteiger partial charge in [-0.2, -0.15) is 13.2 Å². The highest BCUT2D eigenvalue weighted by atomic mass is 19.4. The van der Waals surface area contributed by atoms with Crippen molar-refractivity contribution in [2.45, 2.75) is 12.6 Å². The van der Waals surface area contributed by atoms with Crippen LogP contribution in [0.2, 0.25) is 0 Å². The van der Waals surface area contributed by atoms with E-state index in [0.29, 0.717) is 0 Å². The van der Waals surface area contributed by atoms with E-state index in [4.69, 9.17) is 10.5 Å². The zero-order valence-corrected chi connectivity index (χ0v) is 8.12. The minimum atomic E-state index is -4.44. The highest BCUT2D eigenvalue weighted by Crippen LogP contribution is 2.30. The molecule has 0 aliphatic rings. The number of pyridine rings is 1. The average Bonchev–Trinajstić information content (AvgIpc) is 2.16. The zero-order valence-electron chi connectivity index (χ0n) is 8.12. The normalized spacial score (nSPS) is 11.2. The minimum absolute atomic E-state index is 0.0715. The van der Waals surface area contributed by atoms with Crippen LogP contribution in [-0.4, -0.2) is 17.5 Å². The summed E-state index contributed by atoms with van der Waals surface area (Å²) in [5, 5.41) is 0. The molecule has 16 heavy (non-hydrogen) atoms.